The fourth-order valence-corrected chi connectivity index (χ4v) is 5.67. The largest absolute Gasteiger partial charge is 0.354 e. The Bertz CT molecular complexity index is 1170. The lowest BCUT2D eigenvalue weighted by atomic mass is 9.97. The molecule has 220 valence electrons. The van der Waals surface area contributed by atoms with Crippen LogP contribution in [0.2, 0.25) is 0 Å². The van der Waals surface area contributed by atoms with Crippen molar-refractivity contribution < 1.29 is 13.8 Å². The zero-order valence-electron chi connectivity index (χ0n) is 25.0. The zero-order valence-corrected chi connectivity index (χ0v) is 25.8. The lowest BCUT2D eigenvalue weighted by Crippen LogP contribution is -2.50. The Balaban J connectivity index is 1.88. The highest BCUT2D eigenvalue weighted by molar-refractivity contribution is 7.84. The average Bonchev–Trinajstić information content (AvgIpc) is 2.93. The topological polar surface area (TPSA) is 93.8 Å². The van der Waals surface area contributed by atoms with Crippen LogP contribution < -0.4 is 20.3 Å². The normalized spacial score (nSPS) is 17.6. The Morgan fingerprint density at radius 1 is 1.05 bits per heavy atom. The Morgan fingerprint density at radius 2 is 1.75 bits per heavy atom. The van der Waals surface area contributed by atoms with E-state index in [2.05, 4.69) is 54.1 Å². The van der Waals surface area contributed by atoms with Crippen molar-refractivity contribution in [1.82, 2.24) is 20.3 Å². The van der Waals surface area contributed by atoms with Crippen LogP contribution in [-0.4, -0.2) is 66.6 Å². The minimum absolute atomic E-state index is 0.0142. The van der Waals surface area contributed by atoms with Gasteiger partial charge in [0.15, 0.2) is 11.2 Å². The number of fused-ring (bicyclic) bond motifs is 4. The summed E-state index contributed by atoms with van der Waals surface area (Å²) in [7, 11) is 5.31. The molecule has 1 aliphatic heterocycles. The molecule has 9 heteroatoms. The van der Waals surface area contributed by atoms with Gasteiger partial charge in [-0.25, -0.2) is 8.51 Å². The Kier molecular flexibility index (Phi) is 12.2. The molecule has 8 nitrogen and oxygen atoms in total. The summed E-state index contributed by atoms with van der Waals surface area (Å²) in [5.74, 6) is 0.187. The predicted octanol–water partition coefficient (Wildman–Crippen LogP) is 3.62. The number of nitrogens with zero attached hydrogens (tertiary/aromatic N) is 2. The van der Waals surface area contributed by atoms with Crippen LogP contribution in [0.4, 0.5) is 5.69 Å². The molecule has 0 fully saturated rings. The lowest BCUT2D eigenvalue weighted by molar-refractivity contribution is -0.123. The summed E-state index contributed by atoms with van der Waals surface area (Å²) in [5, 5.41) is 9.67. The number of benzene rings is 2. The second kappa shape index (κ2) is 15.3. The molecule has 3 N–H and O–H groups in total. The fourth-order valence-electron chi connectivity index (χ4n) is 4.90. The van der Waals surface area contributed by atoms with Crippen molar-refractivity contribution in [3.8, 4) is 0 Å². The van der Waals surface area contributed by atoms with Crippen LogP contribution >= 0.6 is 0 Å². The first kappa shape index (κ1) is 31.8. The Hall–Kier alpha value is -2.75. The minimum Gasteiger partial charge on any atom is -0.354 e. The molecule has 2 aromatic carbocycles. The number of aryl methyl sites for hydroxylation is 2. The van der Waals surface area contributed by atoms with E-state index >= 15 is 0 Å². The van der Waals surface area contributed by atoms with Gasteiger partial charge in [0.1, 0.15) is 0 Å². The number of amides is 2. The number of anilines is 1. The van der Waals surface area contributed by atoms with Gasteiger partial charge in [-0.2, -0.15) is 0 Å². The third kappa shape index (κ3) is 9.42. The molecule has 4 bridgehead atoms. The third-order valence-electron chi connectivity index (χ3n) is 7.16. The second-order valence-corrected chi connectivity index (χ2v) is 13.1. The fraction of sp³-hybridized carbons (Fsp3) is 0.548. The number of hydrogen-bond acceptors (Lipinski definition) is 4. The number of nitrogens with one attached hydrogen (secondary N) is 3. The van der Waals surface area contributed by atoms with Crippen molar-refractivity contribution in [2.75, 3.05) is 38.5 Å². The van der Waals surface area contributed by atoms with Crippen molar-refractivity contribution in [1.29, 1.82) is 0 Å². The molecule has 0 radical (unpaired) electrons. The Labute approximate surface area is 243 Å². The third-order valence-corrected chi connectivity index (χ3v) is 8.46. The van der Waals surface area contributed by atoms with Crippen LogP contribution in [0.3, 0.4) is 0 Å². The molecule has 0 aliphatic carbocycles. The van der Waals surface area contributed by atoms with Crippen molar-refractivity contribution in [2.24, 2.45) is 5.92 Å². The molecular formula is C31H47N5O3S. The van der Waals surface area contributed by atoms with E-state index < -0.39 is 11.2 Å². The van der Waals surface area contributed by atoms with Gasteiger partial charge in [-0.15, -0.1) is 0 Å². The first-order valence-corrected chi connectivity index (χ1v) is 15.5. The van der Waals surface area contributed by atoms with Crippen LogP contribution in [0.25, 0.3) is 0 Å². The van der Waals surface area contributed by atoms with Gasteiger partial charge in [-0.3, -0.25) is 13.9 Å². The summed E-state index contributed by atoms with van der Waals surface area (Å²) < 4.78 is 16.1. The molecule has 0 aromatic heterocycles. The summed E-state index contributed by atoms with van der Waals surface area (Å²) >= 11 is -1.37. The van der Waals surface area contributed by atoms with Crippen LogP contribution in [0.1, 0.15) is 67.1 Å². The maximum atomic E-state index is 13.7. The zero-order chi connectivity index (χ0) is 29.2. The van der Waals surface area contributed by atoms with E-state index in [1.165, 1.54) is 5.56 Å². The summed E-state index contributed by atoms with van der Waals surface area (Å²) in [6, 6.07) is 13.8. The van der Waals surface area contributed by atoms with E-state index in [1.807, 2.05) is 25.1 Å². The van der Waals surface area contributed by atoms with E-state index in [1.54, 1.807) is 29.8 Å². The minimum atomic E-state index is -1.37. The summed E-state index contributed by atoms with van der Waals surface area (Å²) in [6.07, 6.45) is 5.18. The van der Waals surface area contributed by atoms with Gasteiger partial charge in [0, 0.05) is 45.8 Å². The number of rotatable bonds is 10. The van der Waals surface area contributed by atoms with E-state index in [-0.39, 0.29) is 23.9 Å². The standard InChI is InChI=1S/C31H47N5O3S/c1-7-29(31(38)33-20-22(2)3)32-21-27-17-24-14-10-13-23(15-24)11-8-9-12-25-16-26(30(37)34-27)19-28(18-25)36(6)40(39)35(4)5/h10,13-16,18-19,22,27,29,32H,7-9,11-12,17,20-21H2,1-6H3,(H,33,38)(H,34,37). The average molecular weight is 570 g/mol. The van der Waals surface area contributed by atoms with Crippen molar-refractivity contribution in [3.05, 3.63) is 64.7 Å². The van der Waals surface area contributed by atoms with Gasteiger partial charge in [-0.1, -0.05) is 45.0 Å². The maximum absolute atomic E-state index is 13.7. The van der Waals surface area contributed by atoms with Gasteiger partial charge in [0.25, 0.3) is 5.91 Å². The van der Waals surface area contributed by atoms with E-state index in [9.17, 15) is 13.8 Å². The SMILES string of the molecule is CCC(NCC1Cc2cccc(c2)CCCCc2cc(cc(N(C)S(=O)N(C)C)c2)C(=O)N1)C(=O)NCC(C)C. The van der Waals surface area contributed by atoms with E-state index in [4.69, 9.17) is 0 Å². The van der Waals surface area contributed by atoms with E-state index in [0.29, 0.717) is 37.4 Å². The van der Waals surface area contributed by atoms with Crippen LogP contribution in [0, 0.1) is 5.92 Å². The van der Waals surface area contributed by atoms with Gasteiger partial charge in [-0.05, 0) is 79.3 Å². The highest BCUT2D eigenvalue weighted by Crippen LogP contribution is 2.23. The first-order valence-electron chi connectivity index (χ1n) is 14.4. The smallest absolute Gasteiger partial charge is 0.251 e. The number of carbonyl (C=O) groups excluding carboxylic acids is 2. The Morgan fingerprint density at radius 3 is 2.42 bits per heavy atom. The quantitative estimate of drug-likeness (QED) is 0.408. The second-order valence-electron chi connectivity index (χ2n) is 11.3. The molecule has 3 atom stereocenters. The molecule has 0 saturated carbocycles. The molecule has 40 heavy (non-hydrogen) atoms. The summed E-state index contributed by atoms with van der Waals surface area (Å²) in [6.45, 7) is 7.23. The molecule has 2 amide bonds. The van der Waals surface area contributed by atoms with E-state index in [0.717, 1.165) is 42.5 Å². The lowest BCUT2D eigenvalue weighted by Gasteiger charge is -2.25. The van der Waals surface area contributed by atoms with Gasteiger partial charge >= 0.3 is 0 Å². The molecule has 1 aliphatic rings. The predicted molar refractivity (Wildman–Crippen MR) is 165 cm³/mol. The number of carbonyl (C=O) groups is 2. The van der Waals surface area contributed by atoms with Crippen LogP contribution in [0.15, 0.2) is 42.5 Å². The molecule has 3 unspecified atom stereocenters. The highest BCUT2D eigenvalue weighted by atomic mass is 32.2. The molecular weight excluding hydrogens is 522 g/mol. The number of hydrogen-bond donors (Lipinski definition) is 3. The molecule has 0 spiro atoms. The van der Waals surface area contributed by atoms with Crippen LogP contribution in [0.5, 0.6) is 0 Å². The van der Waals surface area contributed by atoms with Crippen molar-refractivity contribution in [3.63, 3.8) is 0 Å². The maximum Gasteiger partial charge on any atom is 0.251 e. The molecule has 0 saturated heterocycles. The molecule has 1 heterocycles. The summed E-state index contributed by atoms with van der Waals surface area (Å²) in [5.41, 5.74) is 4.80. The summed E-state index contributed by atoms with van der Waals surface area (Å²) in [4.78, 5) is 26.4. The first-order chi connectivity index (χ1) is 19.1. The van der Waals surface area contributed by atoms with Crippen molar-refractivity contribution in [2.45, 2.75) is 71.4 Å². The highest BCUT2D eigenvalue weighted by Gasteiger charge is 2.22. The molecule has 3 rings (SSSR count). The van der Waals surface area contributed by atoms with Gasteiger partial charge in [0.05, 0.1) is 11.7 Å². The van der Waals surface area contributed by atoms with Gasteiger partial charge in [0.2, 0.25) is 5.91 Å². The van der Waals surface area contributed by atoms with Gasteiger partial charge < -0.3 is 16.0 Å². The van der Waals surface area contributed by atoms with Crippen molar-refractivity contribution >= 4 is 28.7 Å². The monoisotopic (exact) mass is 569 g/mol. The molecule has 2 aromatic rings. The van der Waals surface area contributed by atoms with Crippen LogP contribution in [-0.2, 0) is 35.2 Å².